The summed E-state index contributed by atoms with van der Waals surface area (Å²) in [5, 5.41) is 5.80. The Morgan fingerprint density at radius 1 is 0.892 bits per heavy atom. The Hall–Kier alpha value is -4.30. The van der Waals surface area contributed by atoms with Crippen LogP contribution in [0, 0.1) is 0 Å². The van der Waals surface area contributed by atoms with E-state index in [9.17, 15) is 14.4 Å². The van der Waals surface area contributed by atoms with Gasteiger partial charge in [-0.2, -0.15) is 5.10 Å². The van der Waals surface area contributed by atoms with Crippen molar-refractivity contribution in [3.63, 3.8) is 0 Å². The predicted molar refractivity (Wildman–Crippen MR) is 141 cm³/mol. The van der Waals surface area contributed by atoms with Crippen molar-refractivity contribution >= 4 is 22.6 Å². The van der Waals surface area contributed by atoms with Crippen LogP contribution in [0.1, 0.15) is 5.56 Å². The fourth-order valence-electron chi connectivity index (χ4n) is 4.65. The first kappa shape index (κ1) is 24.4. The molecule has 188 valence electrons. The summed E-state index contributed by atoms with van der Waals surface area (Å²) in [5.41, 5.74) is 2.13. The van der Waals surface area contributed by atoms with Gasteiger partial charge >= 0.3 is 0 Å². The van der Waals surface area contributed by atoms with Gasteiger partial charge in [-0.3, -0.25) is 14.4 Å². The van der Waals surface area contributed by atoms with Gasteiger partial charge in [-0.15, -0.1) is 0 Å². The van der Waals surface area contributed by atoms with Crippen LogP contribution in [0.4, 0.5) is 0 Å². The van der Waals surface area contributed by atoms with E-state index in [-0.39, 0.29) is 43.1 Å². The Kier molecular flexibility index (Phi) is 7.09. The highest BCUT2D eigenvalue weighted by Gasteiger charge is 2.31. The predicted octanol–water partition coefficient (Wildman–Crippen LogP) is 2.95. The highest BCUT2D eigenvalue weighted by atomic mass is 16.5. The zero-order valence-corrected chi connectivity index (χ0v) is 20.6. The minimum absolute atomic E-state index is 0.0839. The summed E-state index contributed by atoms with van der Waals surface area (Å²) < 4.78 is 6.80. The van der Waals surface area contributed by atoms with Gasteiger partial charge in [0.2, 0.25) is 11.8 Å². The van der Waals surface area contributed by atoms with Crippen LogP contribution < -0.4 is 5.56 Å². The maximum atomic E-state index is 13.4. The van der Waals surface area contributed by atoms with Crippen molar-refractivity contribution in [2.75, 3.05) is 26.7 Å². The van der Waals surface area contributed by atoms with Crippen molar-refractivity contribution in [2.24, 2.45) is 0 Å². The quantitative estimate of drug-likeness (QED) is 0.410. The maximum absolute atomic E-state index is 13.4. The van der Waals surface area contributed by atoms with Gasteiger partial charge in [0.1, 0.15) is 6.54 Å². The number of fused-ring (bicyclic) bond motifs is 1. The molecule has 1 aliphatic rings. The fraction of sp³-hybridized carbons (Fsp3) is 0.241. The van der Waals surface area contributed by atoms with Crippen LogP contribution in [-0.4, -0.2) is 64.2 Å². The van der Waals surface area contributed by atoms with Crippen LogP contribution in [0.15, 0.2) is 89.7 Å². The largest absolute Gasteiger partial charge is 0.378 e. The molecule has 0 N–H and O–H groups in total. The summed E-state index contributed by atoms with van der Waals surface area (Å²) in [7, 11) is 1.57. The molecule has 2 heterocycles. The van der Waals surface area contributed by atoms with E-state index >= 15 is 0 Å². The van der Waals surface area contributed by atoms with Crippen LogP contribution in [0.2, 0.25) is 0 Å². The van der Waals surface area contributed by atoms with Crippen LogP contribution >= 0.6 is 0 Å². The Balaban J connectivity index is 1.42. The third-order valence-corrected chi connectivity index (χ3v) is 6.63. The van der Waals surface area contributed by atoms with Crippen molar-refractivity contribution in [1.82, 2.24) is 19.6 Å². The number of aromatic nitrogens is 2. The fourth-order valence-corrected chi connectivity index (χ4v) is 4.65. The molecule has 8 heteroatoms. The van der Waals surface area contributed by atoms with E-state index in [0.717, 1.165) is 16.5 Å². The number of carbonyl (C=O) groups is 2. The van der Waals surface area contributed by atoms with E-state index in [1.165, 1.54) is 9.58 Å². The third kappa shape index (κ3) is 5.29. The lowest BCUT2D eigenvalue weighted by molar-refractivity contribution is -0.139. The average molecular weight is 497 g/mol. The number of nitrogens with zero attached hydrogens (tertiary/aromatic N) is 4. The molecule has 0 saturated carbocycles. The molecule has 8 nitrogen and oxygen atoms in total. The first-order valence-electron chi connectivity index (χ1n) is 12.2. The van der Waals surface area contributed by atoms with Gasteiger partial charge < -0.3 is 14.5 Å². The first-order valence-corrected chi connectivity index (χ1v) is 12.2. The number of hydrogen-bond donors (Lipinski definition) is 0. The standard InChI is InChI=1S/C29H28N4O4/c1-37-23-17-31(16-21-10-4-2-5-11-21)26(34)19-32(18-23)27(35)20-33-29(36)25-15-9-8-14-24(25)28(30-33)22-12-6-3-7-13-22/h2-15,23H,16-20H2,1H3. The SMILES string of the molecule is COC1CN(C(=O)Cn2nc(-c3ccccc3)c3ccccc3c2=O)CC(=O)N(Cc2ccccc2)C1. The van der Waals surface area contributed by atoms with Crippen LogP contribution in [0.3, 0.4) is 0 Å². The molecule has 37 heavy (non-hydrogen) atoms. The lowest BCUT2D eigenvalue weighted by Crippen LogP contribution is -2.43. The second kappa shape index (κ2) is 10.8. The lowest BCUT2D eigenvalue weighted by Gasteiger charge is -2.23. The Bertz CT molecular complexity index is 1470. The highest BCUT2D eigenvalue weighted by Crippen LogP contribution is 2.24. The number of ether oxygens (including phenoxy) is 1. The lowest BCUT2D eigenvalue weighted by atomic mass is 10.1. The monoisotopic (exact) mass is 496 g/mol. The summed E-state index contributed by atoms with van der Waals surface area (Å²) in [4.78, 5) is 43.0. The number of carbonyl (C=O) groups excluding carboxylic acids is 2. The van der Waals surface area contributed by atoms with E-state index in [4.69, 9.17) is 4.74 Å². The topological polar surface area (TPSA) is 84.7 Å². The molecule has 0 aliphatic carbocycles. The zero-order valence-electron chi connectivity index (χ0n) is 20.6. The average Bonchev–Trinajstić information content (AvgIpc) is 3.09. The van der Waals surface area contributed by atoms with E-state index in [2.05, 4.69) is 5.10 Å². The number of rotatable bonds is 6. The Morgan fingerprint density at radius 2 is 1.54 bits per heavy atom. The van der Waals surface area contributed by atoms with E-state index in [0.29, 0.717) is 24.2 Å². The van der Waals surface area contributed by atoms with E-state index in [1.807, 2.05) is 72.8 Å². The summed E-state index contributed by atoms with van der Waals surface area (Å²) in [6.45, 7) is 0.708. The molecule has 1 saturated heterocycles. The molecular weight excluding hydrogens is 468 g/mol. The molecular formula is C29H28N4O4. The highest BCUT2D eigenvalue weighted by molar-refractivity contribution is 5.94. The normalized spacial score (nSPS) is 16.1. The van der Waals surface area contributed by atoms with Crippen molar-refractivity contribution in [3.05, 3.63) is 101 Å². The second-order valence-corrected chi connectivity index (χ2v) is 9.11. The molecule has 1 fully saturated rings. The number of benzene rings is 3. The van der Waals surface area contributed by atoms with E-state index < -0.39 is 0 Å². The van der Waals surface area contributed by atoms with Crippen molar-refractivity contribution < 1.29 is 14.3 Å². The van der Waals surface area contributed by atoms with Gasteiger partial charge in [0.15, 0.2) is 0 Å². The third-order valence-electron chi connectivity index (χ3n) is 6.63. The summed E-state index contributed by atoms with van der Waals surface area (Å²) in [6, 6.07) is 26.5. The molecule has 1 aromatic heterocycles. The summed E-state index contributed by atoms with van der Waals surface area (Å²) >= 11 is 0. The van der Waals surface area contributed by atoms with Gasteiger partial charge in [0, 0.05) is 37.7 Å². The molecule has 4 aromatic rings. The van der Waals surface area contributed by atoms with Gasteiger partial charge in [-0.1, -0.05) is 78.9 Å². The van der Waals surface area contributed by atoms with Gasteiger partial charge in [-0.25, -0.2) is 4.68 Å². The van der Waals surface area contributed by atoms with Crippen LogP contribution in [-0.2, 0) is 27.4 Å². The molecule has 3 aromatic carbocycles. The Labute approximate surface area is 214 Å². The van der Waals surface area contributed by atoms with Crippen molar-refractivity contribution in [3.8, 4) is 11.3 Å². The van der Waals surface area contributed by atoms with Crippen LogP contribution in [0.5, 0.6) is 0 Å². The molecule has 0 radical (unpaired) electrons. The van der Waals surface area contributed by atoms with Crippen molar-refractivity contribution in [2.45, 2.75) is 19.2 Å². The minimum atomic E-state index is -0.360. The molecule has 1 unspecified atom stereocenters. The molecule has 1 aliphatic heterocycles. The minimum Gasteiger partial charge on any atom is -0.378 e. The van der Waals surface area contributed by atoms with Crippen LogP contribution in [0.25, 0.3) is 22.0 Å². The first-order chi connectivity index (χ1) is 18.0. The van der Waals surface area contributed by atoms with E-state index in [1.54, 1.807) is 24.1 Å². The maximum Gasteiger partial charge on any atom is 0.275 e. The molecule has 0 bridgehead atoms. The van der Waals surface area contributed by atoms with Gasteiger partial charge in [-0.05, 0) is 11.6 Å². The van der Waals surface area contributed by atoms with Gasteiger partial charge in [0.05, 0.1) is 23.7 Å². The van der Waals surface area contributed by atoms with Gasteiger partial charge in [0.25, 0.3) is 5.56 Å². The number of methoxy groups -OCH3 is 1. The second-order valence-electron chi connectivity index (χ2n) is 9.11. The molecule has 5 rings (SSSR count). The molecule has 0 spiro atoms. The smallest absolute Gasteiger partial charge is 0.275 e. The molecule has 2 amide bonds. The van der Waals surface area contributed by atoms with Crippen molar-refractivity contribution in [1.29, 1.82) is 0 Å². The molecule has 1 atom stereocenters. The zero-order chi connectivity index (χ0) is 25.8. The Morgan fingerprint density at radius 3 is 2.24 bits per heavy atom. The summed E-state index contributed by atoms with van der Waals surface area (Å²) in [5.74, 6) is -0.526. The number of amides is 2. The number of hydrogen-bond acceptors (Lipinski definition) is 5. The summed E-state index contributed by atoms with van der Waals surface area (Å²) in [6.07, 6.45) is -0.347.